The van der Waals surface area contributed by atoms with Gasteiger partial charge in [0.2, 0.25) is 5.91 Å². The summed E-state index contributed by atoms with van der Waals surface area (Å²) in [4.78, 5) is 23.0. The Bertz CT molecular complexity index is 456. The van der Waals surface area contributed by atoms with Crippen molar-refractivity contribution in [2.24, 2.45) is 5.92 Å². The van der Waals surface area contributed by atoms with Gasteiger partial charge in [-0.05, 0) is 30.2 Å². The molecule has 116 valence electrons. The van der Waals surface area contributed by atoms with Crippen LogP contribution in [0.25, 0.3) is 0 Å². The number of nitrogens with one attached hydrogen (secondary N) is 1. The number of hydrogen-bond acceptors (Lipinski definition) is 2. The molecule has 0 radical (unpaired) electrons. The van der Waals surface area contributed by atoms with E-state index in [-0.39, 0.29) is 17.7 Å². The SMILES string of the molecule is CC(C)CC(NC(=O)CCC(C)c1ccccc1)C(=O)O. The van der Waals surface area contributed by atoms with E-state index in [0.29, 0.717) is 19.3 Å². The van der Waals surface area contributed by atoms with Gasteiger partial charge in [0.15, 0.2) is 0 Å². The predicted molar refractivity (Wildman–Crippen MR) is 83.1 cm³/mol. The molecule has 2 unspecified atom stereocenters. The molecule has 4 nitrogen and oxygen atoms in total. The molecular formula is C17H25NO3. The molecular weight excluding hydrogens is 266 g/mol. The fourth-order valence-electron chi connectivity index (χ4n) is 2.26. The van der Waals surface area contributed by atoms with Crippen LogP contribution in [-0.4, -0.2) is 23.0 Å². The van der Waals surface area contributed by atoms with Gasteiger partial charge in [0.25, 0.3) is 0 Å². The summed E-state index contributed by atoms with van der Waals surface area (Å²) in [6.07, 6.45) is 1.51. The van der Waals surface area contributed by atoms with Gasteiger partial charge < -0.3 is 10.4 Å². The van der Waals surface area contributed by atoms with Gasteiger partial charge in [0.05, 0.1) is 0 Å². The number of carbonyl (C=O) groups excluding carboxylic acids is 1. The Morgan fingerprint density at radius 3 is 2.29 bits per heavy atom. The maximum atomic E-state index is 11.9. The summed E-state index contributed by atoms with van der Waals surface area (Å²) in [5, 5.41) is 11.7. The number of carboxylic acid groups (broad SMARTS) is 1. The number of carboxylic acids is 1. The van der Waals surface area contributed by atoms with E-state index in [1.54, 1.807) is 0 Å². The van der Waals surface area contributed by atoms with Crippen molar-refractivity contribution in [2.45, 2.75) is 52.0 Å². The molecule has 4 heteroatoms. The summed E-state index contributed by atoms with van der Waals surface area (Å²) in [6.45, 7) is 5.96. The maximum Gasteiger partial charge on any atom is 0.326 e. The molecule has 1 aromatic carbocycles. The number of benzene rings is 1. The largest absolute Gasteiger partial charge is 0.480 e. The molecule has 0 saturated heterocycles. The molecule has 0 spiro atoms. The minimum Gasteiger partial charge on any atom is -0.480 e. The minimum atomic E-state index is -0.965. The second-order valence-electron chi connectivity index (χ2n) is 5.94. The van der Waals surface area contributed by atoms with E-state index in [2.05, 4.69) is 12.2 Å². The van der Waals surface area contributed by atoms with Crippen LogP contribution >= 0.6 is 0 Å². The van der Waals surface area contributed by atoms with Crippen molar-refractivity contribution in [1.82, 2.24) is 5.32 Å². The van der Waals surface area contributed by atoms with E-state index >= 15 is 0 Å². The first-order valence-electron chi connectivity index (χ1n) is 7.47. The van der Waals surface area contributed by atoms with E-state index in [9.17, 15) is 9.59 Å². The van der Waals surface area contributed by atoms with Crippen LogP contribution in [0.1, 0.15) is 51.5 Å². The smallest absolute Gasteiger partial charge is 0.326 e. The molecule has 0 saturated carbocycles. The van der Waals surface area contributed by atoms with E-state index in [1.165, 1.54) is 5.56 Å². The fraction of sp³-hybridized carbons (Fsp3) is 0.529. The maximum absolute atomic E-state index is 11.9. The van der Waals surface area contributed by atoms with Crippen LogP contribution < -0.4 is 5.32 Å². The van der Waals surface area contributed by atoms with Crippen LogP contribution in [0.4, 0.5) is 0 Å². The van der Waals surface area contributed by atoms with Crippen LogP contribution in [0.5, 0.6) is 0 Å². The van der Waals surface area contributed by atoms with E-state index in [4.69, 9.17) is 5.11 Å². The van der Waals surface area contributed by atoms with Gasteiger partial charge in [0.1, 0.15) is 6.04 Å². The number of aliphatic carboxylic acids is 1. The average Bonchev–Trinajstić information content (AvgIpc) is 2.44. The number of carbonyl (C=O) groups is 2. The van der Waals surface area contributed by atoms with Crippen molar-refractivity contribution in [2.75, 3.05) is 0 Å². The van der Waals surface area contributed by atoms with E-state index in [1.807, 2.05) is 44.2 Å². The highest BCUT2D eigenvalue weighted by Gasteiger charge is 2.21. The first-order valence-corrected chi connectivity index (χ1v) is 7.47. The molecule has 1 aromatic rings. The van der Waals surface area contributed by atoms with Crippen molar-refractivity contribution < 1.29 is 14.7 Å². The summed E-state index contributed by atoms with van der Waals surface area (Å²) in [5.74, 6) is -0.640. The van der Waals surface area contributed by atoms with Gasteiger partial charge in [-0.1, -0.05) is 51.1 Å². The molecule has 1 amide bonds. The molecule has 0 aliphatic heterocycles. The van der Waals surface area contributed by atoms with Crippen LogP contribution in [0, 0.1) is 5.92 Å². The Hall–Kier alpha value is -1.84. The van der Waals surface area contributed by atoms with Crippen molar-refractivity contribution in [3.05, 3.63) is 35.9 Å². The van der Waals surface area contributed by atoms with Crippen molar-refractivity contribution in [3.63, 3.8) is 0 Å². The van der Waals surface area contributed by atoms with Crippen LogP contribution in [0.2, 0.25) is 0 Å². The molecule has 2 N–H and O–H groups in total. The zero-order chi connectivity index (χ0) is 15.8. The summed E-state index contributed by atoms with van der Waals surface area (Å²) in [6, 6.07) is 9.23. The monoisotopic (exact) mass is 291 g/mol. The molecule has 0 bridgehead atoms. The van der Waals surface area contributed by atoms with Crippen molar-refractivity contribution in [3.8, 4) is 0 Å². The standard InChI is InChI=1S/C17H25NO3/c1-12(2)11-15(17(20)21)18-16(19)10-9-13(3)14-7-5-4-6-8-14/h4-8,12-13,15H,9-11H2,1-3H3,(H,18,19)(H,20,21). The second-order valence-corrected chi connectivity index (χ2v) is 5.94. The van der Waals surface area contributed by atoms with Gasteiger partial charge in [0, 0.05) is 6.42 Å². The first kappa shape index (κ1) is 17.2. The first-order chi connectivity index (χ1) is 9.90. The third kappa shape index (κ3) is 6.43. The molecule has 21 heavy (non-hydrogen) atoms. The Balaban J connectivity index is 2.44. The molecule has 0 aromatic heterocycles. The zero-order valence-electron chi connectivity index (χ0n) is 13.0. The summed E-state index contributed by atoms with van der Waals surface area (Å²) >= 11 is 0. The lowest BCUT2D eigenvalue weighted by molar-refractivity contribution is -0.142. The van der Waals surface area contributed by atoms with Crippen LogP contribution in [0.15, 0.2) is 30.3 Å². The lowest BCUT2D eigenvalue weighted by Crippen LogP contribution is -2.41. The summed E-state index contributed by atoms with van der Waals surface area (Å²) in [7, 11) is 0. The lowest BCUT2D eigenvalue weighted by atomic mass is 9.96. The third-order valence-electron chi connectivity index (χ3n) is 3.51. The van der Waals surface area contributed by atoms with Gasteiger partial charge in [-0.15, -0.1) is 0 Å². The topological polar surface area (TPSA) is 66.4 Å². The number of amides is 1. The Morgan fingerprint density at radius 2 is 1.76 bits per heavy atom. The van der Waals surface area contributed by atoms with Gasteiger partial charge in [-0.25, -0.2) is 4.79 Å². The van der Waals surface area contributed by atoms with E-state index in [0.717, 1.165) is 0 Å². The van der Waals surface area contributed by atoms with Crippen molar-refractivity contribution >= 4 is 11.9 Å². The highest BCUT2D eigenvalue weighted by molar-refractivity contribution is 5.83. The fourth-order valence-corrected chi connectivity index (χ4v) is 2.26. The van der Waals surface area contributed by atoms with Gasteiger partial charge in [-0.3, -0.25) is 4.79 Å². The predicted octanol–water partition coefficient (Wildman–Crippen LogP) is 3.19. The Kier molecular flexibility index (Phi) is 6.92. The highest BCUT2D eigenvalue weighted by Crippen LogP contribution is 2.20. The van der Waals surface area contributed by atoms with E-state index < -0.39 is 12.0 Å². The van der Waals surface area contributed by atoms with Gasteiger partial charge in [-0.2, -0.15) is 0 Å². The molecule has 2 atom stereocenters. The second kappa shape index (κ2) is 8.45. The number of rotatable bonds is 8. The minimum absolute atomic E-state index is 0.189. The molecule has 0 aliphatic rings. The summed E-state index contributed by atoms with van der Waals surface area (Å²) < 4.78 is 0. The van der Waals surface area contributed by atoms with Crippen LogP contribution in [0.3, 0.4) is 0 Å². The number of hydrogen-bond donors (Lipinski definition) is 2. The molecule has 0 heterocycles. The van der Waals surface area contributed by atoms with Crippen molar-refractivity contribution in [1.29, 1.82) is 0 Å². The Morgan fingerprint density at radius 1 is 1.14 bits per heavy atom. The highest BCUT2D eigenvalue weighted by atomic mass is 16.4. The average molecular weight is 291 g/mol. The molecule has 1 rings (SSSR count). The molecule has 0 fully saturated rings. The quantitative estimate of drug-likeness (QED) is 0.773. The Labute approximate surface area is 126 Å². The third-order valence-corrected chi connectivity index (χ3v) is 3.51. The molecule has 0 aliphatic carbocycles. The normalized spacial score (nSPS) is 13.7. The summed E-state index contributed by atoms with van der Waals surface area (Å²) in [5.41, 5.74) is 1.20. The zero-order valence-corrected chi connectivity index (χ0v) is 13.0. The van der Waals surface area contributed by atoms with Crippen LogP contribution in [-0.2, 0) is 9.59 Å². The van der Waals surface area contributed by atoms with Gasteiger partial charge >= 0.3 is 5.97 Å². The lowest BCUT2D eigenvalue weighted by Gasteiger charge is -2.17.